The first-order chi connectivity index (χ1) is 13.2. The third-order valence-corrected chi connectivity index (χ3v) is 5.56. The molecule has 3 saturated heterocycles. The van der Waals surface area contributed by atoms with E-state index in [1.165, 1.54) is 0 Å². The number of fused-ring (bicyclic) bond motifs is 3. The molecule has 6 rings (SSSR count). The summed E-state index contributed by atoms with van der Waals surface area (Å²) in [5, 5.41) is 15.5. The lowest BCUT2D eigenvalue weighted by atomic mass is 9.87. The molecule has 3 aliphatic rings. The van der Waals surface area contributed by atoms with Crippen molar-refractivity contribution in [1.82, 2.24) is 24.7 Å². The number of aryl methyl sites for hydroxylation is 1. The molecule has 0 saturated carbocycles. The first kappa shape index (κ1) is 16.2. The van der Waals surface area contributed by atoms with Crippen LogP contribution in [-0.4, -0.2) is 62.3 Å². The maximum Gasteiger partial charge on any atom is 0.238 e. The Kier molecular flexibility index (Phi) is 3.78. The second-order valence-electron chi connectivity index (χ2n) is 7.31. The van der Waals surface area contributed by atoms with E-state index in [9.17, 15) is 4.79 Å². The Labute approximate surface area is 156 Å². The summed E-state index contributed by atoms with van der Waals surface area (Å²) in [5.74, 6) is 0.984. The Bertz CT molecular complexity index is 988. The van der Waals surface area contributed by atoms with Crippen molar-refractivity contribution in [2.75, 3.05) is 29.9 Å². The molecule has 2 bridgehead atoms. The van der Waals surface area contributed by atoms with Crippen molar-refractivity contribution in [3.8, 4) is 0 Å². The van der Waals surface area contributed by atoms with Crippen LogP contribution in [0.4, 0.5) is 11.5 Å². The standard InChI is InChI=1S/C19H21N7O/c1-13-4-2-3-5-16(13)21-19(27)11-25-14-8-15(25)10-24(9-14)18-7-6-17-22-20-12-26(17)23-18/h2-7,12,14-15H,8-11H2,1H3,(H,21,27). The van der Waals surface area contributed by atoms with Crippen LogP contribution < -0.4 is 10.2 Å². The lowest BCUT2D eigenvalue weighted by molar-refractivity contribution is -0.121. The summed E-state index contributed by atoms with van der Waals surface area (Å²) in [5.41, 5.74) is 2.72. The van der Waals surface area contributed by atoms with Crippen molar-refractivity contribution in [2.45, 2.75) is 25.4 Å². The van der Waals surface area contributed by atoms with Crippen LogP contribution in [0, 0.1) is 6.92 Å². The lowest BCUT2D eigenvalue weighted by Crippen LogP contribution is -2.69. The van der Waals surface area contributed by atoms with Crippen molar-refractivity contribution in [3.63, 3.8) is 0 Å². The lowest BCUT2D eigenvalue weighted by Gasteiger charge is -2.56. The first-order valence-corrected chi connectivity index (χ1v) is 9.20. The zero-order valence-electron chi connectivity index (χ0n) is 15.1. The van der Waals surface area contributed by atoms with Gasteiger partial charge in [-0.15, -0.1) is 15.3 Å². The summed E-state index contributed by atoms with van der Waals surface area (Å²) in [4.78, 5) is 17.1. The molecule has 2 unspecified atom stereocenters. The van der Waals surface area contributed by atoms with Gasteiger partial charge in [-0.2, -0.15) is 4.52 Å². The zero-order valence-corrected chi connectivity index (χ0v) is 15.1. The molecule has 5 heterocycles. The fourth-order valence-electron chi connectivity index (χ4n) is 4.09. The highest BCUT2D eigenvalue weighted by Crippen LogP contribution is 2.33. The van der Waals surface area contributed by atoms with Crippen LogP contribution in [0.5, 0.6) is 0 Å². The van der Waals surface area contributed by atoms with Crippen LogP contribution in [0.3, 0.4) is 0 Å². The molecule has 8 heteroatoms. The van der Waals surface area contributed by atoms with Crippen LogP contribution in [0.2, 0.25) is 0 Å². The summed E-state index contributed by atoms with van der Waals surface area (Å²) in [7, 11) is 0. The monoisotopic (exact) mass is 363 g/mol. The number of nitrogens with zero attached hydrogens (tertiary/aromatic N) is 6. The van der Waals surface area contributed by atoms with Gasteiger partial charge in [0.25, 0.3) is 0 Å². The van der Waals surface area contributed by atoms with Gasteiger partial charge < -0.3 is 10.2 Å². The highest BCUT2D eigenvalue weighted by molar-refractivity contribution is 5.93. The second kappa shape index (κ2) is 6.31. The zero-order chi connectivity index (χ0) is 18.4. The van der Waals surface area contributed by atoms with E-state index in [0.717, 1.165) is 42.2 Å². The van der Waals surface area contributed by atoms with E-state index >= 15 is 0 Å². The summed E-state index contributed by atoms with van der Waals surface area (Å²) < 4.78 is 1.70. The van der Waals surface area contributed by atoms with Crippen molar-refractivity contribution in [3.05, 3.63) is 48.3 Å². The third kappa shape index (κ3) is 2.91. The molecule has 3 aromatic rings. The number of amides is 1. The summed E-state index contributed by atoms with van der Waals surface area (Å²) >= 11 is 0. The number of carbonyl (C=O) groups is 1. The Morgan fingerprint density at radius 1 is 1.19 bits per heavy atom. The number of aromatic nitrogens is 4. The molecule has 1 N–H and O–H groups in total. The largest absolute Gasteiger partial charge is 0.352 e. The molecule has 2 aromatic heterocycles. The SMILES string of the molecule is Cc1ccccc1NC(=O)CN1C2CC1CN(c1ccc3nncn3n1)C2. The number of piperidine rings is 1. The van der Waals surface area contributed by atoms with Crippen LogP contribution in [0.15, 0.2) is 42.7 Å². The molecule has 3 fully saturated rings. The minimum absolute atomic E-state index is 0.0523. The molecular weight excluding hydrogens is 342 g/mol. The topological polar surface area (TPSA) is 78.7 Å². The van der Waals surface area contributed by atoms with E-state index in [-0.39, 0.29) is 5.91 Å². The highest BCUT2D eigenvalue weighted by atomic mass is 16.2. The van der Waals surface area contributed by atoms with Crippen molar-refractivity contribution in [1.29, 1.82) is 0 Å². The van der Waals surface area contributed by atoms with Crippen molar-refractivity contribution >= 4 is 23.1 Å². The number of rotatable bonds is 4. The van der Waals surface area contributed by atoms with Gasteiger partial charge in [0.05, 0.1) is 6.54 Å². The molecule has 1 amide bonds. The molecular formula is C19H21N7O. The molecule has 3 aliphatic heterocycles. The Hall–Kier alpha value is -3.00. The number of carbonyl (C=O) groups excluding carboxylic acids is 1. The van der Waals surface area contributed by atoms with E-state index in [0.29, 0.717) is 18.6 Å². The minimum Gasteiger partial charge on any atom is -0.352 e. The number of anilines is 2. The van der Waals surface area contributed by atoms with E-state index in [2.05, 4.69) is 30.4 Å². The Balaban J connectivity index is 1.22. The number of hydrogen-bond acceptors (Lipinski definition) is 6. The molecule has 0 radical (unpaired) electrons. The molecule has 2 atom stereocenters. The molecule has 1 aromatic carbocycles. The van der Waals surface area contributed by atoms with Crippen LogP contribution in [0.25, 0.3) is 5.65 Å². The number of hydrogen-bond donors (Lipinski definition) is 1. The van der Waals surface area contributed by atoms with Crippen LogP contribution in [0.1, 0.15) is 12.0 Å². The molecule has 8 nitrogen and oxygen atoms in total. The Morgan fingerprint density at radius 2 is 2.00 bits per heavy atom. The van der Waals surface area contributed by atoms with E-state index in [1.807, 2.05) is 43.3 Å². The highest BCUT2D eigenvalue weighted by Gasteiger charge is 2.45. The van der Waals surface area contributed by atoms with Crippen LogP contribution >= 0.6 is 0 Å². The summed E-state index contributed by atoms with van der Waals surface area (Å²) in [6.07, 6.45) is 2.76. The van der Waals surface area contributed by atoms with Gasteiger partial charge in [-0.25, -0.2) is 0 Å². The number of para-hydroxylation sites is 1. The van der Waals surface area contributed by atoms with Crippen molar-refractivity contribution < 1.29 is 4.79 Å². The molecule has 27 heavy (non-hydrogen) atoms. The second-order valence-corrected chi connectivity index (χ2v) is 7.31. The normalized spacial score (nSPS) is 21.9. The van der Waals surface area contributed by atoms with Gasteiger partial charge in [-0.1, -0.05) is 18.2 Å². The van der Waals surface area contributed by atoms with E-state index in [1.54, 1.807) is 10.8 Å². The summed E-state index contributed by atoms with van der Waals surface area (Å²) in [6, 6.07) is 12.6. The Morgan fingerprint density at radius 3 is 2.81 bits per heavy atom. The molecule has 138 valence electrons. The smallest absolute Gasteiger partial charge is 0.238 e. The maximum absolute atomic E-state index is 12.5. The minimum atomic E-state index is 0.0523. The third-order valence-electron chi connectivity index (χ3n) is 5.56. The number of nitrogens with one attached hydrogen (secondary N) is 1. The van der Waals surface area contributed by atoms with E-state index in [4.69, 9.17) is 0 Å². The molecule has 0 aliphatic carbocycles. The number of benzene rings is 1. The average Bonchev–Trinajstić information content (AvgIpc) is 3.16. The quantitative estimate of drug-likeness (QED) is 0.754. The van der Waals surface area contributed by atoms with Gasteiger partial charge >= 0.3 is 0 Å². The van der Waals surface area contributed by atoms with Gasteiger partial charge in [0.1, 0.15) is 12.1 Å². The predicted octanol–water partition coefficient (Wildman–Crippen LogP) is 1.33. The van der Waals surface area contributed by atoms with Gasteiger partial charge in [0, 0.05) is 30.9 Å². The average molecular weight is 363 g/mol. The van der Waals surface area contributed by atoms with Gasteiger partial charge in [0.15, 0.2) is 5.65 Å². The van der Waals surface area contributed by atoms with Gasteiger partial charge in [-0.05, 0) is 37.1 Å². The van der Waals surface area contributed by atoms with E-state index < -0.39 is 0 Å². The first-order valence-electron chi connectivity index (χ1n) is 9.20. The van der Waals surface area contributed by atoms with Gasteiger partial charge in [0.2, 0.25) is 5.91 Å². The fraction of sp³-hybridized carbons (Fsp3) is 0.368. The van der Waals surface area contributed by atoms with Gasteiger partial charge in [-0.3, -0.25) is 9.69 Å². The summed E-state index contributed by atoms with van der Waals surface area (Å²) in [6.45, 7) is 4.21. The fourth-order valence-corrected chi connectivity index (χ4v) is 4.09. The van der Waals surface area contributed by atoms with Crippen LogP contribution in [-0.2, 0) is 4.79 Å². The number of piperazine rings is 1. The van der Waals surface area contributed by atoms with Crippen molar-refractivity contribution in [2.24, 2.45) is 0 Å². The predicted molar refractivity (Wildman–Crippen MR) is 102 cm³/mol. The maximum atomic E-state index is 12.5. The molecule has 0 spiro atoms.